The average molecular weight is 274 g/mol. The maximum atomic E-state index is 11.9. The van der Waals surface area contributed by atoms with Crippen molar-refractivity contribution in [1.82, 2.24) is 5.32 Å². The standard InChI is InChI=1S/C13H17Cl2NO/c1-3-9(4-2)8-16-13(17)12-10(14)6-5-7-11(12)15/h5-7,9H,3-4,8H2,1-2H3,(H,16,17). The summed E-state index contributed by atoms with van der Waals surface area (Å²) in [6, 6.07) is 5.06. The average Bonchev–Trinajstić information content (AvgIpc) is 2.30. The summed E-state index contributed by atoms with van der Waals surface area (Å²) in [7, 11) is 0. The number of rotatable bonds is 5. The Hall–Kier alpha value is -0.730. The summed E-state index contributed by atoms with van der Waals surface area (Å²) in [5.41, 5.74) is 0.363. The van der Waals surface area contributed by atoms with Crippen molar-refractivity contribution >= 4 is 29.1 Å². The van der Waals surface area contributed by atoms with Gasteiger partial charge in [-0.25, -0.2) is 0 Å². The number of hydrogen-bond acceptors (Lipinski definition) is 1. The summed E-state index contributed by atoms with van der Waals surface area (Å²) in [6.45, 7) is 4.89. The summed E-state index contributed by atoms with van der Waals surface area (Å²) in [5, 5.41) is 3.65. The highest BCUT2D eigenvalue weighted by atomic mass is 35.5. The smallest absolute Gasteiger partial charge is 0.254 e. The fourth-order valence-corrected chi connectivity index (χ4v) is 2.19. The van der Waals surface area contributed by atoms with Gasteiger partial charge in [0.25, 0.3) is 5.91 Å². The molecule has 4 heteroatoms. The topological polar surface area (TPSA) is 29.1 Å². The lowest BCUT2D eigenvalue weighted by Gasteiger charge is -2.14. The first-order valence-corrected chi connectivity index (χ1v) is 6.57. The van der Waals surface area contributed by atoms with Gasteiger partial charge < -0.3 is 5.32 Å². The van der Waals surface area contributed by atoms with Crippen molar-refractivity contribution in [3.05, 3.63) is 33.8 Å². The Kier molecular flexibility index (Phi) is 5.79. The third-order valence-corrected chi connectivity index (χ3v) is 3.53. The van der Waals surface area contributed by atoms with Crippen LogP contribution in [0.3, 0.4) is 0 Å². The Balaban J connectivity index is 2.70. The molecule has 0 aliphatic carbocycles. The van der Waals surface area contributed by atoms with E-state index in [-0.39, 0.29) is 5.91 Å². The fourth-order valence-electron chi connectivity index (χ4n) is 1.62. The SMILES string of the molecule is CCC(CC)CNC(=O)c1c(Cl)cccc1Cl. The number of benzene rings is 1. The molecule has 1 aromatic rings. The highest BCUT2D eigenvalue weighted by molar-refractivity contribution is 6.39. The molecule has 0 saturated heterocycles. The van der Waals surface area contributed by atoms with E-state index in [2.05, 4.69) is 19.2 Å². The predicted octanol–water partition coefficient (Wildman–Crippen LogP) is 4.16. The second-order valence-electron chi connectivity index (χ2n) is 3.99. The maximum Gasteiger partial charge on any atom is 0.254 e. The van der Waals surface area contributed by atoms with Gasteiger partial charge >= 0.3 is 0 Å². The van der Waals surface area contributed by atoms with Crippen LogP contribution in [0.1, 0.15) is 37.0 Å². The molecule has 94 valence electrons. The van der Waals surface area contributed by atoms with Crippen LogP contribution in [-0.4, -0.2) is 12.5 Å². The molecule has 1 rings (SSSR count). The number of carbonyl (C=O) groups is 1. The Labute approximate surface area is 112 Å². The molecule has 17 heavy (non-hydrogen) atoms. The molecule has 0 atom stereocenters. The van der Waals surface area contributed by atoms with Gasteiger partial charge in [-0.2, -0.15) is 0 Å². The lowest BCUT2D eigenvalue weighted by atomic mass is 10.0. The van der Waals surface area contributed by atoms with Gasteiger partial charge in [-0.05, 0) is 18.1 Å². The molecule has 0 aliphatic rings. The van der Waals surface area contributed by atoms with Crippen molar-refractivity contribution in [3.8, 4) is 0 Å². The lowest BCUT2D eigenvalue weighted by molar-refractivity contribution is 0.0946. The van der Waals surface area contributed by atoms with Crippen molar-refractivity contribution in [2.75, 3.05) is 6.54 Å². The van der Waals surface area contributed by atoms with Crippen molar-refractivity contribution in [2.45, 2.75) is 26.7 Å². The zero-order valence-electron chi connectivity index (χ0n) is 10.1. The second kappa shape index (κ2) is 6.87. The van der Waals surface area contributed by atoms with E-state index in [0.29, 0.717) is 28.1 Å². The van der Waals surface area contributed by atoms with Crippen LogP contribution in [0.2, 0.25) is 10.0 Å². The van der Waals surface area contributed by atoms with Crippen LogP contribution in [0.5, 0.6) is 0 Å². The number of hydrogen-bond donors (Lipinski definition) is 1. The van der Waals surface area contributed by atoms with E-state index >= 15 is 0 Å². The molecule has 0 fully saturated rings. The van der Waals surface area contributed by atoms with E-state index in [9.17, 15) is 4.79 Å². The third-order valence-electron chi connectivity index (χ3n) is 2.90. The zero-order valence-corrected chi connectivity index (χ0v) is 11.6. The number of amides is 1. The molecule has 0 saturated carbocycles. The first-order valence-electron chi connectivity index (χ1n) is 5.82. The Bertz CT molecular complexity index is 369. The van der Waals surface area contributed by atoms with Gasteiger partial charge in [0.2, 0.25) is 0 Å². The molecule has 2 nitrogen and oxygen atoms in total. The van der Waals surface area contributed by atoms with Crippen molar-refractivity contribution in [1.29, 1.82) is 0 Å². The van der Waals surface area contributed by atoms with Crippen LogP contribution in [0.15, 0.2) is 18.2 Å². The molecule has 1 amide bonds. The highest BCUT2D eigenvalue weighted by Crippen LogP contribution is 2.24. The molecule has 0 unspecified atom stereocenters. The lowest BCUT2D eigenvalue weighted by Crippen LogP contribution is -2.29. The summed E-state index contributed by atoms with van der Waals surface area (Å²) in [4.78, 5) is 11.9. The van der Waals surface area contributed by atoms with Gasteiger partial charge in [0, 0.05) is 6.54 Å². The van der Waals surface area contributed by atoms with Gasteiger partial charge in [0.1, 0.15) is 0 Å². The Morgan fingerprint density at radius 3 is 2.24 bits per heavy atom. The fraction of sp³-hybridized carbons (Fsp3) is 0.462. The summed E-state index contributed by atoms with van der Waals surface area (Å²) in [6.07, 6.45) is 2.10. The number of nitrogens with one attached hydrogen (secondary N) is 1. The van der Waals surface area contributed by atoms with Crippen LogP contribution < -0.4 is 5.32 Å². The Morgan fingerprint density at radius 1 is 1.24 bits per heavy atom. The normalized spacial score (nSPS) is 10.6. The molecule has 0 aliphatic heterocycles. The van der Waals surface area contributed by atoms with E-state index in [0.717, 1.165) is 12.8 Å². The van der Waals surface area contributed by atoms with E-state index in [4.69, 9.17) is 23.2 Å². The van der Waals surface area contributed by atoms with Crippen molar-refractivity contribution < 1.29 is 4.79 Å². The highest BCUT2D eigenvalue weighted by Gasteiger charge is 2.15. The number of carbonyl (C=O) groups excluding carboxylic acids is 1. The first-order chi connectivity index (χ1) is 8.10. The summed E-state index contributed by atoms with van der Waals surface area (Å²) >= 11 is 11.9. The van der Waals surface area contributed by atoms with Crippen LogP contribution in [0.4, 0.5) is 0 Å². The Morgan fingerprint density at radius 2 is 1.76 bits per heavy atom. The van der Waals surface area contributed by atoms with Gasteiger partial charge in [0.05, 0.1) is 15.6 Å². The van der Waals surface area contributed by atoms with Crippen LogP contribution in [0.25, 0.3) is 0 Å². The summed E-state index contributed by atoms with van der Waals surface area (Å²) in [5.74, 6) is 0.299. The predicted molar refractivity (Wildman–Crippen MR) is 72.9 cm³/mol. The maximum absolute atomic E-state index is 11.9. The second-order valence-corrected chi connectivity index (χ2v) is 4.80. The first kappa shape index (κ1) is 14.3. The van der Waals surface area contributed by atoms with Gasteiger partial charge in [-0.3, -0.25) is 4.79 Å². The molecular formula is C13H17Cl2NO. The molecule has 1 aromatic carbocycles. The van der Waals surface area contributed by atoms with E-state index < -0.39 is 0 Å². The van der Waals surface area contributed by atoms with E-state index in [1.807, 2.05) is 0 Å². The van der Waals surface area contributed by atoms with Crippen LogP contribution in [-0.2, 0) is 0 Å². The molecule has 0 bridgehead atoms. The molecule has 0 aromatic heterocycles. The van der Waals surface area contributed by atoms with E-state index in [1.165, 1.54) is 0 Å². The quantitative estimate of drug-likeness (QED) is 0.858. The minimum absolute atomic E-state index is 0.201. The zero-order chi connectivity index (χ0) is 12.8. The van der Waals surface area contributed by atoms with Crippen molar-refractivity contribution in [2.24, 2.45) is 5.92 Å². The number of halogens is 2. The van der Waals surface area contributed by atoms with Crippen molar-refractivity contribution in [3.63, 3.8) is 0 Å². The minimum atomic E-state index is -0.201. The minimum Gasteiger partial charge on any atom is -0.352 e. The van der Waals surface area contributed by atoms with Gasteiger partial charge in [-0.15, -0.1) is 0 Å². The third kappa shape index (κ3) is 3.90. The molecule has 0 spiro atoms. The monoisotopic (exact) mass is 273 g/mol. The molecule has 1 N–H and O–H groups in total. The molecule has 0 radical (unpaired) electrons. The summed E-state index contributed by atoms with van der Waals surface area (Å²) < 4.78 is 0. The largest absolute Gasteiger partial charge is 0.352 e. The van der Waals surface area contributed by atoms with E-state index in [1.54, 1.807) is 18.2 Å². The van der Waals surface area contributed by atoms with Crippen LogP contribution in [0, 0.1) is 5.92 Å². The van der Waals surface area contributed by atoms with Gasteiger partial charge in [0.15, 0.2) is 0 Å². The van der Waals surface area contributed by atoms with Crippen LogP contribution >= 0.6 is 23.2 Å². The molecular weight excluding hydrogens is 257 g/mol. The van der Waals surface area contributed by atoms with Gasteiger partial charge in [-0.1, -0.05) is 56.0 Å². The molecule has 0 heterocycles.